The van der Waals surface area contributed by atoms with Crippen molar-refractivity contribution in [3.63, 3.8) is 0 Å². The fourth-order valence-electron chi connectivity index (χ4n) is 1.90. The van der Waals surface area contributed by atoms with E-state index in [2.05, 4.69) is 66.1 Å². The number of hydrogen-bond acceptors (Lipinski definition) is 2. The van der Waals surface area contributed by atoms with Crippen LogP contribution in [0.5, 0.6) is 0 Å². The third-order valence-corrected chi connectivity index (χ3v) is 8.52. The van der Waals surface area contributed by atoms with Crippen LogP contribution >= 0.6 is 80.9 Å². The van der Waals surface area contributed by atoms with Crippen molar-refractivity contribution in [3.05, 3.63) is 33.4 Å². The molecular formula is C16H10I3P3S3. The summed E-state index contributed by atoms with van der Waals surface area (Å²) in [5, 5.41) is 3.07. The average Bonchev–Trinajstić information content (AvgIpc) is 2.66. The van der Waals surface area contributed by atoms with Gasteiger partial charge in [-0.2, -0.15) is 0 Å². The summed E-state index contributed by atoms with van der Waals surface area (Å²) in [7, 11) is 0.00699. The number of hydrogen-bond donors (Lipinski definition) is 0. The van der Waals surface area contributed by atoms with Crippen LogP contribution in [-0.4, -0.2) is 3.15 Å². The molecule has 1 aromatic carbocycles. The van der Waals surface area contributed by atoms with Crippen LogP contribution < -0.4 is 0 Å². The van der Waals surface area contributed by atoms with Crippen LogP contribution in [0.4, 0.5) is 0 Å². The summed E-state index contributed by atoms with van der Waals surface area (Å²) in [5.41, 5.74) is 6.89. The molecule has 0 radical (unpaired) electrons. The SMILES string of the molecule is [3H]C#Cc1c(C)c(C#CP([3H])(=S)I)c(C#CS(I)=P[3H])c(C)c1C#CI([3H])P=S. The van der Waals surface area contributed by atoms with Crippen molar-refractivity contribution in [2.75, 3.05) is 0 Å². The molecule has 0 amide bonds. The number of rotatable bonds is 1. The van der Waals surface area contributed by atoms with Gasteiger partial charge in [0.05, 0.1) is 0 Å². The van der Waals surface area contributed by atoms with Crippen LogP contribution in [0.2, 0.25) is 0 Å². The van der Waals surface area contributed by atoms with E-state index in [9.17, 15) is 0 Å². The van der Waals surface area contributed by atoms with Gasteiger partial charge in [0, 0.05) is 0 Å². The van der Waals surface area contributed by atoms with Crippen molar-refractivity contribution in [2.45, 2.75) is 13.8 Å². The minimum atomic E-state index is -2.52. The van der Waals surface area contributed by atoms with E-state index in [1.165, 1.54) is 0 Å². The van der Waals surface area contributed by atoms with Crippen LogP contribution in [0.1, 0.15) is 34.8 Å². The van der Waals surface area contributed by atoms with Gasteiger partial charge >= 0.3 is 208 Å². The molecular weight excluding hydrogens is 762 g/mol. The fourth-order valence-corrected chi connectivity index (χ4v) is 4.95. The topological polar surface area (TPSA) is 0 Å². The molecule has 128 valence electrons. The second kappa shape index (κ2) is 12.8. The average molecular weight is 780 g/mol. The van der Waals surface area contributed by atoms with Crippen LogP contribution in [0.25, 0.3) is 0 Å². The molecule has 0 aliphatic carbocycles. The Bertz CT molecular complexity index is 1180. The number of benzene rings is 1. The summed E-state index contributed by atoms with van der Waals surface area (Å²) >= 11 is 11.8. The quantitative estimate of drug-likeness (QED) is 0.187. The van der Waals surface area contributed by atoms with Gasteiger partial charge in [-0.05, 0) is 0 Å². The molecule has 0 saturated carbocycles. The molecule has 1 aromatic rings. The molecule has 0 N–H and O–H groups in total. The summed E-state index contributed by atoms with van der Waals surface area (Å²) in [5.74, 6) is 12.0. The predicted molar refractivity (Wildman–Crippen MR) is 154 cm³/mol. The van der Waals surface area contributed by atoms with E-state index in [0.717, 1.165) is 11.1 Å². The third kappa shape index (κ3) is 7.78. The normalized spacial score (nSPS) is 15.6. The van der Waals surface area contributed by atoms with Crippen molar-refractivity contribution in [1.29, 1.82) is 3.15 Å². The molecule has 0 aliphatic rings. The maximum atomic E-state index is 7.96. The fraction of sp³-hybridized carbons (Fsp3) is 0.125. The summed E-state index contributed by atoms with van der Waals surface area (Å²) < 4.78 is 31.2. The standard InChI is InChI=1S/C16H10I3P3S3/c1-4-13-11(2)15(6-9-22(17)24)16(7-10-25(18)20)12(3)14(13)5-8-19-21-23/h1,19-20,22H,2-3H3/i1T,19T,20T,22T. The van der Waals surface area contributed by atoms with E-state index < -0.39 is 32.0 Å². The molecule has 2 unspecified atom stereocenters. The Morgan fingerprint density at radius 3 is 2.60 bits per heavy atom. The molecule has 0 bridgehead atoms. The minimum absolute atomic E-state index is 0.433. The van der Waals surface area contributed by atoms with Crippen molar-refractivity contribution >= 4 is 112 Å². The summed E-state index contributed by atoms with van der Waals surface area (Å²) in [6, 6.07) is 0. The van der Waals surface area contributed by atoms with Gasteiger partial charge in [-0.1, -0.05) is 0 Å². The Balaban J connectivity index is 4.09. The Hall–Kier alpha value is 1.47. The first-order valence-corrected chi connectivity index (χ1v) is 21.9. The molecule has 25 heavy (non-hydrogen) atoms. The Morgan fingerprint density at radius 1 is 1.36 bits per heavy atom. The molecule has 2 atom stereocenters. The van der Waals surface area contributed by atoms with E-state index in [-0.39, 0.29) is 0 Å². The van der Waals surface area contributed by atoms with Crippen molar-refractivity contribution in [2.24, 2.45) is 0 Å². The molecule has 9 heteroatoms. The second-order valence-corrected chi connectivity index (χ2v) is 23.6. The van der Waals surface area contributed by atoms with Gasteiger partial charge in [0.2, 0.25) is 0 Å². The van der Waals surface area contributed by atoms with E-state index in [0.29, 0.717) is 35.2 Å². The van der Waals surface area contributed by atoms with Crippen molar-refractivity contribution < 1.29 is 1.37 Å². The van der Waals surface area contributed by atoms with E-state index in [1.54, 1.807) is 0 Å². The molecule has 0 saturated heterocycles. The van der Waals surface area contributed by atoms with Gasteiger partial charge in [0.25, 0.3) is 0 Å². The summed E-state index contributed by atoms with van der Waals surface area (Å²) in [4.78, 5) is 0.593. The number of terminal acetylenes is 1. The molecule has 1 rings (SSSR count). The predicted octanol–water partition coefficient (Wildman–Crippen LogP) is 6.29. The zero-order valence-corrected chi connectivity index (χ0v) is 24.3. The molecule has 0 spiro atoms. The van der Waals surface area contributed by atoms with E-state index >= 15 is 0 Å². The van der Waals surface area contributed by atoms with Gasteiger partial charge in [-0.25, -0.2) is 0 Å². The Labute approximate surface area is 205 Å². The van der Waals surface area contributed by atoms with Crippen LogP contribution in [-0.2, 0) is 30.9 Å². The van der Waals surface area contributed by atoms with Crippen LogP contribution in [0.15, 0.2) is 0 Å². The summed E-state index contributed by atoms with van der Waals surface area (Å²) in [6.45, 7) is 3.71. The zero-order valence-electron chi connectivity index (χ0n) is 16.7. The van der Waals surface area contributed by atoms with Crippen molar-refractivity contribution in [1.82, 2.24) is 0 Å². The first-order valence-electron chi connectivity index (χ1n) is 7.93. The molecule has 0 nitrogen and oxygen atoms in total. The first-order chi connectivity index (χ1) is 13.6. The van der Waals surface area contributed by atoms with E-state index in [1.807, 2.05) is 35.9 Å². The van der Waals surface area contributed by atoms with Gasteiger partial charge in [-0.15, -0.1) is 0 Å². The van der Waals surface area contributed by atoms with Gasteiger partial charge in [-0.3, -0.25) is 0 Å². The molecule has 0 aliphatic heterocycles. The van der Waals surface area contributed by atoms with Crippen LogP contribution in [0, 0.1) is 58.8 Å². The molecule has 0 heterocycles. The van der Waals surface area contributed by atoms with Crippen LogP contribution in [0.3, 0.4) is 0 Å². The Kier molecular flexibility index (Phi) is 9.50. The number of halogens is 3. The first kappa shape index (κ1) is 18.5. The monoisotopic (exact) mass is 780 g/mol. The second-order valence-electron chi connectivity index (χ2n) is 4.19. The molecule has 0 aromatic heterocycles. The van der Waals surface area contributed by atoms with Gasteiger partial charge < -0.3 is 0 Å². The van der Waals surface area contributed by atoms with E-state index in [4.69, 9.17) is 28.1 Å². The molecule has 0 fully saturated rings. The maximum absolute atomic E-state index is 7.96. The third-order valence-electron chi connectivity index (χ3n) is 2.90. The Morgan fingerprint density at radius 2 is 2.00 bits per heavy atom. The van der Waals surface area contributed by atoms with Crippen molar-refractivity contribution in [3.8, 4) is 44.9 Å². The zero-order chi connectivity index (χ0) is 22.2. The summed E-state index contributed by atoms with van der Waals surface area (Å²) in [6.07, 6.45) is 2.19. The van der Waals surface area contributed by atoms with Gasteiger partial charge in [0.15, 0.2) is 0 Å². The van der Waals surface area contributed by atoms with Gasteiger partial charge in [0.1, 0.15) is 0 Å².